The van der Waals surface area contributed by atoms with E-state index in [9.17, 15) is 19.5 Å². The fraction of sp³-hybridized carbons (Fsp3) is 0.150. The number of anilines is 3. The van der Waals surface area contributed by atoms with E-state index in [4.69, 9.17) is 15.2 Å². The molecule has 1 amide bonds. The Morgan fingerprint density at radius 1 is 1.03 bits per heavy atom. The number of nitrogen functional groups attached to an aromatic ring is 1. The van der Waals surface area contributed by atoms with Crippen LogP contribution in [0.25, 0.3) is 5.69 Å². The predicted molar refractivity (Wildman–Crippen MR) is 111 cm³/mol. The molecule has 2 aromatic carbocycles. The molecule has 0 bridgehead atoms. The second-order valence-corrected chi connectivity index (χ2v) is 6.24. The molecule has 0 saturated heterocycles. The summed E-state index contributed by atoms with van der Waals surface area (Å²) in [4.78, 5) is 38.6. The Kier molecular flexibility index (Phi) is 5.50. The number of benzene rings is 2. The van der Waals surface area contributed by atoms with Crippen molar-refractivity contribution < 1.29 is 19.4 Å². The molecule has 0 atom stereocenters. The first-order valence-corrected chi connectivity index (χ1v) is 8.73. The molecule has 156 valence electrons. The Morgan fingerprint density at radius 2 is 1.60 bits per heavy atom. The zero-order chi connectivity index (χ0) is 22.0. The number of carboxylic acid groups (broad SMARTS) is 1. The largest absolute Gasteiger partial charge is 0.497 e. The van der Waals surface area contributed by atoms with Gasteiger partial charge >= 0.3 is 11.8 Å². The average molecular weight is 412 g/mol. The second kappa shape index (κ2) is 8.03. The first-order valence-electron chi connectivity index (χ1n) is 8.73. The highest BCUT2D eigenvalue weighted by atomic mass is 16.5. The molecule has 0 fully saturated rings. The predicted octanol–water partition coefficient (Wildman–Crippen LogP) is 1.95. The molecule has 0 aliphatic rings. The number of methoxy groups -OCH3 is 2. The van der Waals surface area contributed by atoms with Crippen LogP contribution in [0.4, 0.5) is 22.0 Å². The fourth-order valence-corrected chi connectivity index (χ4v) is 3.01. The summed E-state index contributed by atoms with van der Waals surface area (Å²) in [5.74, 6) is 0.295. The monoisotopic (exact) mass is 412 g/mol. The lowest BCUT2D eigenvalue weighted by molar-refractivity contribution is 0.204. The van der Waals surface area contributed by atoms with E-state index in [-0.39, 0.29) is 11.5 Å². The molecule has 0 radical (unpaired) electrons. The molecule has 0 spiro atoms. The van der Waals surface area contributed by atoms with Crippen molar-refractivity contribution in [1.82, 2.24) is 9.13 Å². The fourth-order valence-electron chi connectivity index (χ4n) is 3.01. The van der Waals surface area contributed by atoms with Crippen molar-refractivity contribution in [2.75, 3.05) is 24.9 Å². The van der Waals surface area contributed by atoms with Gasteiger partial charge in [0.15, 0.2) is 5.69 Å². The lowest BCUT2D eigenvalue weighted by atomic mass is 10.2. The van der Waals surface area contributed by atoms with Crippen LogP contribution in [0.1, 0.15) is 0 Å². The van der Waals surface area contributed by atoms with Crippen molar-refractivity contribution >= 4 is 23.3 Å². The number of nitrogens with two attached hydrogens (primary N) is 1. The van der Waals surface area contributed by atoms with Crippen LogP contribution < -0.4 is 31.4 Å². The molecule has 3 aromatic rings. The van der Waals surface area contributed by atoms with Crippen molar-refractivity contribution in [2.45, 2.75) is 0 Å². The Balaban J connectivity index is 2.37. The summed E-state index contributed by atoms with van der Waals surface area (Å²) < 4.78 is 12.3. The van der Waals surface area contributed by atoms with E-state index in [0.717, 1.165) is 9.13 Å². The molecule has 30 heavy (non-hydrogen) atoms. The maximum absolute atomic E-state index is 12.9. The highest BCUT2D eigenvalue weighted by Gasteiger charge is 2.28. The summed E-state index contributed by atoms with van der Waals surface area (Å²) in [6.45, 7) is 0. The zero-order valence-corrected chi connectivity index (χ0v) is 16.5. The van der Waals surface area contributed by atoms with Gasteiger partial charge in [0, 0.05) is 25.2 Å². The number of hydrogen-bond donors (Lipinski definition) is 2. The van der Waals surface area contributed by atoms with E-state index in [1.54, 1.807) is 36.4 Å². The highest BCUT2D eigenvalue weighted by Crippen LogP contribution is 2.34. The third kappa shape index (κ3) is 3.46. The topological polar surface area (TPSA) is 129 Å². The smallest absolute Gasteiger partial charge is 0.416 e. The Labute approximate surface area is 170 Å². The third-order valence-electron chi connectivity index (χ3n) is 4.49. The molecular formula is C20H20N4O6. The van der Waals surface area contributed by atoms with Crippen LogP contribution in [0.3, 0.4) is 0 Å². The minimum atomic E-state index is -1.48. The van der Waals surface area contributed by atoms with Gasteiger partial charge in [-0.1, -0.05) is 18.2 Å². The van der Waals surface area contributed by atoms with Crippen LogP contribution >= 0.6 is 0 Å². The lowest BCUT2D eigenvalue weighted by Gasteiger charge is -2.23. The van der Waals surface area contributed by atoms with E-state index in [1.807, 2.05) is 0 Å². The van der Waals surface area contributed by atoms with Gasteiger partial charge in [-0.2, -0.15) is 0 Å². The summed E-state index contributed by atoms with van der Waals surface area (Å²) in [7, 11) is 4.07. The van der Waals surface area contributed by atoms with Crippen molar-refractivity contribution in [3.8, 4) is 17.2 Å². The minimum Gasteiger partial charge on any atom is -0.497 e. The average Bonchev–Trinajstić information content (AvgIpc) is 2.75. The quantitative estimate of drug-likeness (QED) is 0.655. The number of para-hydroxylation sites is 1. The normalized spacial score (nSPS) is 10.5. The Bertz CT molecular complexity index is 1190. The Hall–Kier alpha value is -4.21. The minimum absolute atomic E-state index is 0.0563. The van der Waals surface area contributed by atoms with E-state index in [0.29, 0.717) is 22.1 Å². The maximum atomic E-state index is 12.9. The van der Waals surface area contributed by atoms with Gasteiger partial charge in [-0.25, -0.2) is 19.1 Å². The van der Waals surface area contributed by atoms with Gasteiger partial charge in [0.1, 0.15) is 17.3 Å². The molecule has 3 rings (SSSR count). The number of hydrogen-bond acceptors (Lipinski definition) is 6. The van der Waals surface area contributed by atoms with Gasteiger partial charge in [-0.3, -0.25) is 9.36 Å². The first-order chi connectivity index (χ1) is 14.3. The number of carbonyl (C=O) groups is 1. The molecule has 3 N–H and O–H groups in total. The van der Waals surface area contributed by atoms with Gasteiger partial charge in [-0.05, 0) is 12.1 Å². The van der Waals surface area contributed by atoms with E-state index >= 15 is 0 Å². The van der Waals surface area contributed by atoms with Crippen molar-refractivity contribution in [2.24, 2.45) is 7.05 Å². The zero-order valence-electron chi connectivity index (χ0n) is 16.5. The number of nitrogens with zero attached hydrogens (tertiary/aromatic N) is 3. The summed E-state index contributed by atoms with van der Waals surface area (Å²) in [5.41, 5.74) is 4.65. The number of ether oxygens (including phenoxy) is 2. The van der Waals surface area contributed by atoms with Gasteiger partial charge in [-0.15, -0.1) is 0 Å². The van der Waals surface area contributed by atoms with E-state index in [1.165, 1.54) is 33.4 Å². The van der Waals surface area contributed by atoms with Crippen LogP contribution in [0.2, 0.25) is 0 Å². The Morgan fingerprint density at radius 3 is 2.10 bits per heavy atom. The summed E-state index contributed by atoms with van der Waals surface area (Å²) >= 11 is 0. The number of rotatable bonds is 5. The van der Waals surface area contributed by atoms with Crippen LogP contribution in [-0.2, 0) is 7.05 Å². The van der Waals surface area contributed by atoms with E-state index in [2.05, 4.69) is 0 Å². The van der Waals surface area contributed by atoms with Crippen LogP contribution in [0, 0.1) is 0 Å². The van der Waals surface area contributed by atoms with Gasteiger partial charge < -0.3 is 20.3 Å². The lowest BCUT2D eigenvalue weighted by Crippen LogP contribution is -2.43. The van der Waals surface area contributed by atoms with Crippen molar-refractivity contribution in [1.29, 1.82) is 0 Å². The van der Waals surface area contributed by atoms with Crippen LogP contribution in [0.15, 0.2) is 58.1 Å². The standard InChI is InChI=1S/C20H20N4O6/c1-22-18(25)16(17(21)24(19(22)26)12-7-5-4-6-8-12)23(20(27)28)13-9-14(29-2)11-15(10-13)30-3/h4-11H,21H2,1-3H3,(H,27,28). The molecule has 0 aliphatic heterocycles. The van der Waals surface area contributed by atoms with Crippen LogP contribution in [0.5, 0.6) is 11.5 Å². The molecule has 0 unspecified atom stereocenters. The summed E-state index contributed by atoms with van der Waals surface area (Å²) in [6.07, 6.45) is -1.48. The SMILES string of the molecule is COc1cc(OC)cc(N(C(=O)O)c2c(N)n(-c3ccccc3)c(=O)n(C)c2=O)c1. The molecule has 0 saturated carbocycles. The van der Waals surface area contributed by atoms with Crippen LogP contribution in [-0.4, -0.2) is 34.6 Å². The van der Waals surface area contributed by atoms with Crippen molar-refractivity contribution in [3.05, 3.63) is 69.4 Å². The maximum Gasteiger partial charge on any atom is 0.416 e. The number of amides is 1. The molecule has 0 aliphatic carbocycles. The highest BCUT2D eigenvalue weighted by molar-refractivity contribution is 5.98. The molecule has 10 nitrogen and oxygen atoms in total. The molecule has 10 heteroatoms. The second-order valence-electron chi connectivity index (χ2n) is 6.24. The first kappa shape index (κ1) is 20.5. The van der Waals surface area contributed by atoms with Gasteiger partial charge in [0.05, 0.1) is 25.6 Å². The van der Waals surface area contributed by atoms with Gasteiger partial charge in [0.2, 0.25) is 0 Å². The van der Waals surface area contributed by atoms with Crippen molar-refractivity contribution in [3.63, 3.8) is 0 Å². The molecular weight excluding hydrogens is 392 g/mol. The summed E-state index contributed by atoms with van der Waals surface area (Å²) in [5, 5.41) is 9.93. The molecule has 1 heterocycles. The summed E-state index contributed by atoms with van der Waals surface area (Å²) in [6, 6.07) is 12.7. The van der Waals surface area contributed by atoms with Gasteiger partial charge in [0.25, 0.3) is 5.56 Å². The van der Waals surface area contributed by atoms with E-state index < -0.39 is 23.0 Å². The molecule has 1 aromatic heterocycles. The third-order valence-corrected chi connectivity index (χ3v) is 4.49. The number of aromatic nitrogens is 2.